The minimum Gasteiger partial charge on any atom is -0.396 e. The predicted molar refractivity (Wildman–Crippen MR) is 68.7 cm³/mol. The molecule has 0 aromatic heterocycles. The highest BCUT2D eigenvalue weighted by Gasteiger charge is 2.29. The molecular weight excluding hydrogens is 284 g/mol. The van der Waals surface area contributed by atoms with Gasteiger partial charge in [0.05, 0.1) is 6.04 Å². The van der Waals surface area contributed by atoms with E-state index < -0.39 is 0 Å². The Bertz CT molecular complexity index is 411. The minimum absolute atomic E-state index is 0.0248. The zero-order valence-electron chi connectivity index (χ0n) is 9.40. The van der Waals surface area contributed by atoms with Crippen LogP contribution in [0.4, 0.5) is 4.79 Å². The Kier molecular flexibility index (Phi) is 4.02. The summed E-state index contributed by atoms with van der Waals surface area (Å²) in [6, 6.07) is 7.86. The van der Waals surface area contributed by atoms with Crippen LogP contribution in [0.3, 0.4) is 0 Å². The summed E-state index contributed by atoms with van der Waals surface area (Å²) in [6.07, 6.45) is 0.621. The summed E-state index contributed by atoms with van der Waals surface area (Å²) in [6.45, 7) is 1.37. The van der Waals surface area contributed by atoms with Gasteiger partial charge in [0.2, 0.25) is 0 Å². The van der Waals surface area contributed by atoms with E-state index in [1.807, 2.05) is 24.3 Å². The zero-order valence-corrected chi connectivity index (χ0v) is 11.0. The SMILES string of the molecule is O=C1NC(c2ccccc2Br)CN1CCCO. The van der Waals surface area contributed by atoms with Crippen molar-refractivity contribution in [3.05, 3.63) is 34.3 Å². The Balaban J connectivity index is 2.06. The van der Waals surface area contributed by atoms with Gasteiger partial charge in [0.15, 0.2) is 0 Å². The van der Waals surface area contributed by atoms with Gasteiger partial charge in [-0.05, 0) is 18.1 Å². The van der Waals surface area contributed by atoms with Crippen molar-refractivity contribution in [2.45, 2.75) is 12.5 Å². The summed E-state index contributed by atoms with van der Waals surface area (Å²) >= 11 is 3.49. The summed E-state index contributed by atoms with van der Waals surface area (Å²) in [5.74, 6) is 0. The maximum atomic E-state index is 11.7. The topological polar surface area (TPSA) is 52.6 Å². The number of aliphatic hydroxyl groups is 1. The second-order valence-corrected chi connectivity index (χ2v) is 4.90. The summed E-state index contributed by atoms with van der Waals surface area (Å²) in [4.78, 5) is 13.4. The van der Waals surface area contributed by atoms with Crippen molar-refractivity contribution in [2.75, 3.05) is 19.7 Å². The number of carbonyl (C=O) groups excluding carboxylic acids is 1. The molecule has 5 heteroatoms. The summed E-state index contributed by atoms with van der Waals surface area (Å²) in [5.41, 5.74) is 1.09. The molecule has 17 heavy (non-hydrogen) atoms. The number of nitrogens with one attached hydrogen (secondary N) is 1. The molecule has 2 rings (SSSR count). The normalized spacial score (nSPS) is 19.5. The van der Waals surface area contributed by atoms with E-state index in [1.165, 1.54) is 0 Å². The molecule has 1 aromatic carbocycles. The molecule has 1 unspecified atom stereocenters. The number of hydrogen-bond donors (Lipinski definition) is 2. The lowest BCUT2D eigenvalue weighted by molar-refractivity contribution is 0.209. The zero-order chi connectivity index (χ0) is 12.3. The molecule has 0 bridgehead atoms. The van der Waals surface area contributed by atoms with Crippen LogP contribution >= 0.6 is 15.9 Å². The number of aliphatic hydroxyl groups excluding tert-OH is 1. The van der Waals surface area contributed by atoms with Crippen molar-refractivity contribution in [1.29, 1.82) is 0 Å². The molecular formula is C12H15BrN2O2. The summed E-state index contributed by atoms with van der Waals surface area (Å²) in [5, 5.41) is 11.7. The van der Waals surface area contributed by atoms with Crippen LogP contribution < -0.4 is 5.32 Å². The number of benzene rings is 1. The summed E-state index contributed by atoms with van der Waals surface area (Å²) in [7, 11) is 0. The number of hydrogen-bond acceptors (Lipinski definition) is 2. The van der Waals surface area contributed by atoms with Crippen LogP contribution in [0.15, 0.2) is 28.7 Å². The molecule has 4 nitrogen and oxygen atoms in total. The summed E-state index contributed by atoms with van der Waals surface area (Å²) < 4.78 is 1.01. The van der Waals surface area contributed by atoms with Crippen molar-refractivity contribution in [1.82, 2.24) is 10.2 Å². The van der Waals surface area contributed by atoms with Gasteiger partial charge < -0.3 is 15.3 Å². The van der Waals surface area contributed by atoms with Gasteiger partial charge >= 0.3 is 6.03 Å². The third-order valence-corrected chi connectivity index (χ3v) is 3.58. The number of amides is 2. The van der Waals surface area contributed by atoms with Crippen LogP contribution in [0.1, 0.15) is 18.0 Å². The maximum absolute atomic E-state index is 11.7. The van der Waals surface area contributed by atoms with Gasteiger partial charge in [-0.3, -0.25) is 0 Å². The molecule has 1 aliphatic heterocycles. The Morgan fingerprint density at radius 2 is 2.24 bits per heavy atom. The van der Waals surface area contributed by atoms with Gasteiger partial charge in [0.1, 0.15) is 0 Å². The van der Waals surface area contributed by atoms with E-state index in [1.54, 1.807) is 4.90 Å². The molecule has 1 heterocycles. The van der Waals surface area contributed by atoms with E-state index in [4.69, 9.17) is 5.11 Å². The largest absolute Gasteiger partial charge is 0.396 e. The first kappa shape index (κ1) is 12.4. The van der Waals surface area contributed by atoms with Crippen LogP contribution in [-0.2, 0) is 0 Å². The van der Waals surface area contributed by atoms with Gasteiger partial charge in [-0.25, -0.2) is 4.79 Å². The van der Waals surface area contributed by atoms with E-state index in [0.29, 0.717) is 19.5 Å². The molecule has 1 aliphatic rings. The molecule has 1 saturated heterocycles. The average Bonchev–Trinajstić information content (AvgIpc) is 2.68. The Morgan fingerprint density at radius 1 is 1.47 bits per heavy atom. The second-order valence-electron chi connectivity index (χ2n) is 4.05. The molecule has 0 saturated carbocycles. The van der Waals surface area contributed by atoms with Crippen LogP contribution in [0, 0.1) is 0 Å². The Morgan fingerprint density at radius 3 is 2.94 bits per heavy atom. The van der Waals surface area contributed by atoms with E-state index in [-0.39, 0.29) is 18.7 Å². The van der Waals surface area contributed by atoms with Gasteiger partial charge in [-0.1, -0.05) is 34.1 Å². The van der Waals surface area contributed by atoms with Crippen molar-refractivity contribution in [3.8, 4) is 0 Å². The van der Waals surface area contributed by atoms with E-state index in [9.17, 15) is 4.79 Å². The first-order valence-electron chi connectivity index (χ1n) is 5.63. The third-order valence-electron chi connectivity index (χ3n) is 2.85. The Labute approximate surface area is 109 Å². The number of nitrogens with zero attached hydrogens (tertiary/aromatic N) is 1. The molecule has 92 valence electrons. The lowest BCUT2D eigenvalue weighted by Crippen LogP contribution is -2.29. The third kappa shape index (κ3) is 2.79. The van der Waals surface area contributed by atoms with Gasteiger partial charge in [-0.2, -0.15) is 0 Å². The van der Waals surface area contributed by atoms with Crippen molar-refractivity contribution >= 4 is 22.0 Å². The molecule has 2 amide bonds. The monoisotopic (exact) mass is 298 g/mol. The number of halogens is 1. The smallest absolute Gasteiger partial charge is 0.318 e. The highest BCUT2D eigenvalue weighted by atomic mass is 79.9. The maximum Gasteiger partial charge on any atom is 0.318 e. The fourth-order valence-electron chi connectivity index (χ4n) is 1.98. The standard InChI is InChI=1S/C12H15BrN2O2/c13-10-5-2-1-4-9(10)11-8-15(6-3-7-16)12(17)14-11/h1-2,4-5,11,16H,3,6-8H2,(H,14,17). The van der Waals surface area contributed by atoms with E-state index in [0.717, 1.165) is 10.0 Å². The molecule has 0 aliphatic carbocycles. The first-order valence-corrected chi connectivity index (χ1v) is 6.42. The van der Waals surface area contributed by atoms with E-state index in [2.05, 4.69) is 21.2 Å². The highest BCUT2D eigenvalue weighted by molar-refractivity contribution is 9.10. The quantitative estimate of drug-likeness (QED) is 0.892. The molecule has 1 atom stereocenters. The number of carbonyl (C=O) groups is 1. The highest BCUT2D eigenvalue weighted by Crippen LogP contribution is 2.26. The van der Waals surface area contributed by atoms with Crippen LogP contribution in [-0.4, -0.2) is 35.7 Å². The van der Waals surface area contributed by atoms with Crippen LogP contribution in [0.25, 0.3) is 0 Å². The van der Waals surface area contributed by atoms with Gasteiger partial charge in [0, 0.05) is 24.2 Å². The molecule has 0 spiro atoms. The van der Waals surface area contributed by atoms with Gasteiger partial charge in [-0.15, -0.1) is 0 Å². The van der Waals surface area contributed by atoms with Gasteiger partial charge in [0.25, 0.3) is 0 Å². The molecule has 2 N–H and O–H groups in total. The average molecular weight is 299 g/mol. The molecule has 0 radical (unpaired) electrons. The van der Waals surface area contributed by atoms with Crippen LogP contribution in [0.2, 0.25) is 0 Å². The minimum atomic E-state index is -0.0563. The first-order chi connectivity index (χ1) is 8.22. The molecule has 1 fully saturated rings. The number of rotatable bonds is 4. The van der Waals surface area contributed by atoms with Crippen LogP contribution in [0.5, 0.6) is 0 Å². The predicted octanol–water partition coefficient (Wildman–Crippen LogP) is 1.90. The number of urea groups is 1. The lowest BCUT2D eigenvalue weighted by atomic mass is 10.1. The van der Waals surface area contributed by atoms with Crippen molar-refractivity contribution in [2.24, 2.45) is 0 Å². The fraction of sp³-hybridized carbons (Fsp3) is 0.417. The molecule has 1 aromatic rings. The van der Waals surface area contributed by atoms with E-state index >= 15 is 0 Å². The second kappa shape index (κ2) is 5.51. The van der Waals surface area contributed by atoms with Crippen molar-refractivity contribution in [3.63, 3.8) is 0 Å². The Hall–Kier alpha value is -1.07. The lowest BCUT2D eigenvalue weighted by Gasteiger charge is -2.14. The fourth-order valence-corrected chi connectivity index (χ4v) is 2.54. The van der Waals surface area contributed by atoms with Crippen molar-refractivity contribution < 1.29 is 9.90 Å².